The summed E-state index contributed by atoms with van der Waals surface area (Å²) >= 11 is 0. The Hall–Kier alpha value is -1.45. The van der Waals surface area contributed by atoms with Crippen LogP contribution in [0.3, 0.4) is 0 Å². The number of aliphatic imine (C=N–C) groups is 3. The number of hydrogen-bond acceptors (Lipinski definition) is 4. The van der Waals surface area contributed by atoms with Gasteiger partial charge >= 0.3 is 0 Å². The predicted molar refractivity (Wildman–Crippen MR) is 47.2 cm³/mol. The minimum absolute atomic E-state index is 0.593. The zero-order chi connectivity index (χ0) is 7.94. The Morgan fingerprint density at radius 1 is 1.64 bits per heavy atom. The number of allylic oxidation sites excluding steroid dienone is 1. The Balaban J connectivity index is 2.69. The molecule has 58 valence electrons. The van der Waals surface area contributed by atoms with E-state index in [1.807, 2.05) is 13.0 Å². The lowest BCUT2D eigenvalue weighted by molar-refractivity contribution is 1.09. The van der Waals surface area contributed by atoms with Gasteiger partial charge in [0.15, 0.2) is 0 Å². The van der Waals surface area contributed by atoms with Gasteiger partial charge in [-0.15, -0.1) is 0 Å². The van der Waals surface area contributed by atoms with Gasteiger partial charge in [-0.05, 0) is 13.0 Å². The van der Waals surface area contributed by atoms with Gasteiger partial charge < -0.3 is 5.32 Å². The Morgan fingerprint density at radius 2 is 2.55 bits per heavy atom. The van der Waals surface area contributed by atoms with Crippen LogP contribution in [0.25, 0.3) is 0 Å². The highest BCUT2D eigenvalue weighted by atomic mass is 15.1. The van der Waals surface area contributed by atoms with Gasteiger partial charge in [0.1, 0.15) is 12.2 Å². The van der Waals surface area contributed by atoms with Crippen molar-refractivity contribution in [2.75, 3.05) is 6.54 Å². The molecule has 0 fully saturated rings. The summed E-state index contributed by atoms with van der Waals surface area (Å²) in [6.45, 7) is 2.49. The maximum Gasteiger partial charge on any atom is 0.128 e. The molecule has 0 spiro atoms. The minimum atomic E-state index is 0.593. The molecule has 1 aliphatic heterocycles. The fourth-order valence-corrected chi connectivity index (χ4v) is 0.597. The Bertz CT molecular complexity index is 225. The molecule has 0 atom stereocenters. The number of nitrogens with one attached hydrogen (secondary N) is 1. The van der Waals surface area contributed by atoms with Crippen LogP contribution in [-0.2, 0) is 0 Å². The summed E-state index contributed by atoms with van der Waals surface area (Å²) in [5, 5.41) is 2.90. The molecule has 0 saturated carbocycles. The van der Waals surface area contributed by atoms with Crippen LogP contribution in [0.2, 0.25) is 0 Å². The van der Waals surface area contributed by atoms with E-state index in [0.717, 1.165) is 5.82 Å². The largest absolute Gasteiger partial charge is 0.332 e. The molecule has 0 aromatic rings. The second kappa shape index (κ2) is 4.38. The molecule has 4 heteroatoms. The molecule has 1 heterocycles. The molecule has 4 nitrogen and oxygen atoms in total. The fourth-order valence-electron chi connectivity index (χ4n) is 0.597. The van der Waals surface area contributed by atoms with E-state index in [-0.39, 0.29) is 0 Å². The lowest BCUT2D eigenvalue weighted by Gasteiger charge is -1.95. The molecule has 0 aromatic heterocycles. The summed E-state index contributed by atoms with van der Waals surface area (Å²) in [6, 6.07) is 0. The second-order valence-electron chi connectivity index (χ2n) is 1.89. The molecule has 0 amide bonds. The van der Waals surface area contributed by atoms with Gasteiger partial charge in [-0.2, -0.15) is 0 Å². The number of hydrogen-bond donors (Lipinski definition) is 1. The predicted octanol–water partition coefficient (Wildman–Crippen LogP) is 0.578. The lowest BCUT2D eigenvalue weighted by Crippen LogP contribution is -2.08. The second-order valence-corrected chi connectivity index (χ2v) is 1.89. The molecule has 0 aliphatic carbocycles. The van der Waals surface area contributed by atoms with Gasteiger partial charge in [0, 0.05) is 6.21 Å². The van der Waals surface area contributed by atoms with Crippen molar-refractivity contribution in [3.8, 4) is 0 Å². The van der Waals surface area contributed by atoms with Crippen molar-refractivity contribution in [1.29, 1.82) is 0 Å². The summed E-state index contributed by atoms with van der Waals surface area (Å²) in [7, 11) is 0. The van der Waals surface area contributed by atoms with E-state index in [0.29, 0.717) is 6.54 Å². The molecule has 0 aromatic carbocycles. The number of nitrogens with zero attached hydrogens (tertiary/aromatic N) is 3. The van der Waals surface area contributed by atoms with Crippen LogP contribution in [0.5, 0.6) is 0 Å². The molecule has 0 bridgehead atoms. The maximum atomic E-state index is 4.00. The third-order valence-electron chi connectivity index (χ3n) is 1.13. The zero-order valence-corrected chi connectivity index (χ0v) is 6.36. The molecule has 1 rings (SSSR count). The van der Waals surface area contributed by atoms with Crippen molar-refractivity contribution in [2.45, 2.75) is 6.92 Å². The molecule has 1 N–H and O–H groups in total. The molecule has 1 aliphatic rings. The van der Waals surface area contributed by atoms with Crippen molar-refractivity contribution in [3.63, 3.8) is 0 Å². The topological polar surface area (TPSA) is 49.1 Å². The van der Waals surface area contributed by atoms with Gasteiger partial charge in [-0.1, -0.05) is 0 Å². The minimum Gasteiger partial charge on any atom is -0.332 e. The highest BCUT2D eigenvalue weighted by molar-refractivity contribution is 5.76. The van der Waals surface area contributed by atoms with Crippen molar-refractivity contribution in [3.05, 3.63) is 11.9 Å². The highest BCUT2D eigenvalue weighted by Gasteiger charge is 1.86. The molecular formula is C7H10N4. The standard InChI is InChI=1S/C7H10N4/c1-2-7-10-5-8-3-4-9-6-11-7/h2-3,5-6H,4H2,1H3,(H,9,11)/b7-2-,8-3?,10-5?. The van der Waals surface area contributed by atoms with E-state index >= 15 is 0 Å². The van der Waals surface area contributed by atoms with Crippen LogP contribution in [0.15, 0.2) is 26.9 Å². The first-order valence-electron chi connectivity index (χ1n) is 3.39. The van der Waals surface area contributed by atoms with Crippen LogP contribution in [0.4, 0.5) is 0 Å². The first kappa shape index (κ1) is 7.65. The smallest absolute Gasteiger partial charge is 0.128 e. The third kappa shape index (κ3) is 2.75. The normalized spacial score (nSPS) is 20.6. The van der Waals surface area contributed by atoms with Crippen molar-refractivity contribution in [2.24, 2.45) is 15.0 Å². The quantitative estimate of drug-likeness (QED) is 0.539. The van der Waals surface area contributed by atoms with Gasteiger partial charge in [0.25, 0.3) is 0 Å². The highest BCUT2D eigenvalue weighted by Crippen LogP contribution is 1.88. The fraction of sp³-hybridized carbons (Fsp3) is 0.286. The lowest BCUT2D eigenvalue weighted by atomic mass is 10.6. The Labute approximate surface area is 65.5 Å². The van der Waals surface area contributed by atoms with Crippen LogP contribution >= 0.6 is 0 Å². The van der Waals surface area contributed by atoms with Crippen LogP contribution in [-0.4, -0.2) is 25.4 Å². The summed E-state index contributed by atoms with van der Waals surface area (Å²) in [5.41, 5.74) is 0. The Kier molecular flexibility index (Phi) is 3.05. The van der Waals surface area contributed by atoms with Crippen molar-refractivity contribution < 1.29 is 0 Å². The van der Waals surface area contributed by atoms with E-state index in [1.165, 1.54) is 6.34 Å². The van der Waals surface area contributed by atoms with E-state index in [9.17, 15) is 0 Å². The summed E-state index contributed by atoms with van der Waals surface area (Å²) in [5.74, 6) is 0.757. The van der Waals surface area contributed by atoms with Gasteiger partial charge in [0.05, 0.1) is 12.9 Å². The average molecular weight is 150 g/mol. The molecular weight excluding hydrogens is 140 g/mol. The van der Waals surface area contributed by atoms with Crippen LogP contribution < -0.4 is 5.32 Å². The average Bonchev–Trinajstić information content (AvgIpc) is 2.16. The monoisotopic (exact) mass is 150 g/mol. The van der Waals surface area contributed by atoms with E-state index in [4.69, 9.17) is 0 Å². The van der Waals surface area contributed by atoms with Gasteiger partial charge in [-0.3, -0.25) is 4.99 Å². The first-order valence-corrected chi connectivity index (χ1v) is 3.39. The van der Waals surface area contributed by atoms with E-state index in [2.05, 4.69) is 20.3 Å². The molecule has 0 radical (unpaired) electrons. The Morgan fingerprint density at radius 3 is 3.36 bits per heavy atom. The zero-order valence-electron chi connectivity index (χ0n) is 6.36. The first-order chi connectivity index (χ1) is 5.43. The van der Waals surface area contributed by atoms with Gasteiger partial charge in [0.2, 0.25) is 0 Å². The molecule has 11 heavy (non-hydrogen) atoms. The summed E-state index contributed by atoms with van der Waals surface area (Å²) in [4.78, 5) is 11.9. The van der Waals surface area contributed by atoms with Crippen molar-refractivity contribution in [1.82, 2.24) is 5.32 Å². The molecule has 0 unspecified atom stereocenters. The van der Waals surface area contributed by atoms with Crippen LogP contribution in [0.1, 0.15) is 6.92 Å². The van der Waals surface area contributed by atoms with E-state index in [1.54, 1.807) is 12.6 Å². The number of rotatable bonds is 0. The molecule has 0 saturated heterocycles. The van der Waals surface area contributed by atoms with Crippen LogP contribution in [0, 0.1) is 0 Å². The van der Waals surface area contributed by atoms with Crippen molar-refractivity contribution >= 4 is 18.9 Å². The van der Waals surface area contributed by atoms with Gasteiger partial charge in [-0.25, -0.2) is 9.98 Å². The third-order valence-corrected chi connectivity index (χ3v) is 1.13. The summed E-state index contributed by atoms with van der Waals surface area (Å²) < 4.78 is 0. The SMILES string of the molecule is C/C=C1/N=CN=CCN=CN1. The summed E-state index contributed by atoms with van der Waals surface area (Å²) in [6.07, 6.45) is 6.66. The van der Waals surface area contributed by atoms with E-state index < -0.39 is 0 Å². The maximum absolute atomic E-state index is 4.00.